The SMILES string of the molecule is CCNC(=NCCCCNc1ccccn1)Nc1ccc(OC)c(OCC)c1.I. The molecule has 3 N–H and O–H groups in total. The van der Waals surface area contributed by atoms with Crippen molar-refractivity contribution in [2.24, 2.45) is 4.99 Å². The highest BCUT2D eigenvalue weighted by molar-refractivity contribution is 14.0. The average Bonchev–Trinajstić information content (AvgIpc) is 2.72. The summed E-state index contributed by atoms with van der Waals surface area (Å²) >= 11 is 0. The largest absolute Gasteiger partial charge is 0.493 e. The number of guanidine groups is 1. The van der Waals surface area contributed by atoms with Crippen molar-refractivity contribution >= 4 is 41.4 Å². The van der Waals surface area contributed by atoms with Crippen LogP contribution in [-0.4, -0.2) is 44.3 Å². The van der Waals surface area contributed by atoms with E-state index in [0.717, 1.165) is 55.7 Å². The zero-order chi connectivity index (χ0) is 20.0. The molecule has 0 spiro atoms. The topological polar surface area (TPSA) is 79.8 Å². The van der Waals surface area contributed by atoms with Crippen LogP contribution in [0.15, 0.2) is 47.6 Å². The number of ether oxygens (including phenoxy) is 2. The average molecular weight is 513 g/mol. The van der Waals surface area contributed by atoms with E-state index < -0.39 is 0 Å². The second-order valence-electron chi connectivity index (χ2n) is 6.03. The number of anilines is 2. The Bertz CT molecular complexity index is 728. The molecule has 2 aromatic rings. The fourth-order valence-electron chi connectivity index (χ4n) is 2.58. The molecular formula is C21H32IN5O2. The molecule has 7 nitrogen and oxygen atoms in total. The van der Waals surface area contributed by atoms with E-state index >= 15 is 0 Å². The van der Waals surface area contributed by atoms with Gasteiger partial charge in [0.1, 0.15) is 5.82 Å². The van der Waals surface area contributed by atoms with Gasteiger partial charge >= 0.3 is 0 Å². The fourth-order valence-corrected chi connectivity index (χ4v) is 2.58. The molecule has 0 radical (unpaired) electrons. The van der Waals surface area contributed by atoms with Crippen LogP contribution in [0, 0.1) is 0 Å². The maximum atomic E-state index is 5.63. The number of pyridine rings is 1. The van der Waals surface area contributed by atoms with Crippen molar-refractivity contribution in [3.63, 3.8) is 0 Å². The van der Waals surface area contributed by atoms with Crippen LogP contribution < -0.4 is 25.4 Å². The van der Waals surface area contributed by atoms with Crippen LogP contribution in [-0.2, 0) is 0 Å². The van der Waals surface area contributed by atoms with Gasteiger partial charge in [-0.25, -0.2) is 4.98 Å². The standard InChI is InChI=1S/C21H31N5O2.HI/c1-4-22-21(25-15-9-8-14-24-20-10-6-7-13-23-20)26-17-11-12-18(27-3)19(16-17)28-5-2;/h6-7,10-13,16H,4-5,8-9,14-15H2,1-3H3,(H,23,24)(H2,22,25,26);1H. The van der Waals surface area contributed by atoms with Crippen molar-refractivity contribution < 1.29 is 9.47 Å². The highest BCUT2D eigenvalue weighted by atomic mass is 127. The third kappa shape index (κ3) is 9.21. The fraction of sp³-hybridized carbons (Fsp3) is 0.429. The molecule has 0 atom stereocenters. The Kier molecular flexibility index (Phi) is 12.6. The minimum atomic E-state index is 0. The van der Waals surface area contributed by atoms with Gasteiger partial charge in [-0.05, 0) is 51.0 Å². The molecule has 0 saturated heterocycles. The highest BCUT2D eigenvalue weighted by Gasteiger charge is 2.07. The predicted octanol–water partition coefficient (Wildman–Crippen LogP) is 4.38. The Morgan fingerprint density at radius 1 is 1.10 bits per heavy atom. The molecule has 0 aliphatic heterocycles. The Labute approximate surface area is 190 Å². The summed E-state index contributed by atoms with van der Waals surface area (Å²) < 4.78 is 11.0. The van der Waals surface area contributed by atoms with Gasteiger partial charge in [-0.3, -0.25) is 4.99 Å². The number of methoxy groups -OCH3 is 1. The number of hydrogen-bond donors (Lipinski definition) is 3. The van der Waals surface area contributed by atoms with E-state index in [4.69, 9.17) is 9.47 Å². The second kappa shape index (κ2) is 14.7. The van der Waals surface area contributed by atoms with E-state index in [2.05, 4.69) is 25.9 Å². The van der Waals surface area contributed by atoms with Crippen molar-refractivity contribution in [3.8, 4) is 11.5 Å². The smallest absolute Gasteiger partial charge is 0.195 e. The van der Waals surface area contributed by atoms with Crippen LogP contribution in [0.2, 0.25) is 0 Å². The molecule has 160 valence electrons. The van der Waals surface area contributed by atoms with Crippen LogP contribution in [0.25, 0.3) is 0 Å². The molecule has 0 fully saturated rings. The summed E-state index contributed by atoms with van der Waals surface area (Å²) in [5.74, 6) is 3.10. The van der Waals surface area contributed by atoms with Crippen molar-refractivity contribution in [3.05, 3.63) is 42.6 Å². The number of benzene rings is 1. The van der Waals surface area contributed by atoms with Gasteiger partial charge < -0.3 is 25.4 Å². The molecule has 1 heterocycles. The van der Waals surface area contributed by atoms with Gasteiger partial charge in [-0.1, -0.05) is 6.07 Å². The summed E-state index contributed by atoms with van der Waals surface area (Å²) in [6.45, 7) is 7.00. The van der Waals surface area contributed by atoms with Crippen LogP contribution >= 0.6 is 24.0 Å². The molecule has 0 aliphatic carbocycles. The van der Waals surface area contributed by atoms with Gasteiger partial charge in [0.15, 0.2) is 17.5 Å². The van der Waals surface area contributed by atoms with E-state index in [1.165, 1.54) is 0 Å². The third-order valence-corrected chi connectivity index (χ3v) is 3.90. The van der Waals surface area contributed by atoms with E-state index in [1.807, 2.05) is 50.2 Å². The van der Waals surface area contributed by atoms with Gasteiger partial charge in [-0.2, -0.15) is 0 Å². The summed E-state index contributed by atoms with van der Waals surface area (Å²) in [6, 6.07) is 11.6. The lowest BCUT2D eigenvalue weighted by Gasteiger charge is -2.14. The Morgan fingerprint density at radius 2 is 1.97 bits per heavy atom. The van der Waals surface area contributed by atoms with E-state index in [9.17, 15) is 0 Å². The maximum Gasteiger partial charge on any atom is 0.195 e. The molecule has 0 unspecified atom stereocenters. The first-order chi connectivity index (χ1) is 13.8. The number of hydrogen-bond acceptors (Lipinski definition) is 5. The molecule has 8 heteroatoms. The summed E-state index contributed by atoms with van der Waals surface area (Å²) in [5.41, 5.74) is 0.903. The van der Waals surface area contributed by atoms with E-state index in [-0.39, 0.29) is 24.0 Å². The van der Waals surface area contributed by atoms with Gasteiger partial charge in [0.05, 0.1) is 13.7 Å². The van der Waals surface area contributed by atoms with Gasteiger partial charge in [0, 0.05) is 37.6 Å². The van der Waals surface area contributed by atoms with Crippen LogP contribution in [0.4, 0.5) is 11.5 Å². The highest BCUT2D eigenvalue weighted by Crippen LogP contribution is 2.30. The van der Waals surface area contributed by atoms with Crippen molar-refractivity contribution in [2.75, 3.05) is 44.0 Å². The molecular weight excluding hydrogens is 481 g/mol. The Morgan fingerprint density at radius 3 is 2.66 bits per heavy atom. The second-order valence-corrected chi connectivity index (χ2v) is 6.03. The lowest BCUT2D eigenvalue weighted by molar-refractivity contribution is 0.311. The number of nitrogens with one attached hydrogen (secondary N) is 3. The Balaban J connectivity index is 0.00000420. The van der Waals surface area contributed by atoms with E-state index in [0.29, 0.717) is 12.4 Å². The van der Waals surface area contributed by atoms with E-state index in [1.54, 1.807) is 13.3 Å². The lowest BCUT2D eigenvalue weighted by Crippen LogP contribution is -2.30. The monoisotopic (exact) mass is 513 g/mol. The molecule has 0 amide bonds. The Hall–Kier alpha value is -2.23. The predicted molar refractivity (Wildman–Crippen MR) is 131 cm³/mol. The molecule has 1 aromatic heterocycles. The number of aromatic nitrogens is 1. The first-order valence-electron chi connectivity index (χ1n) is 9.77. The number of aliphatic imine (C=N–C) groups is 1. The summed E-state index contributed by atoms with van der Waals surface area (Å²) in [6.07, 6.45) is 3.80. The molecule has 0 aliphatic rings. The maximum absolute atomic E-state index is 5.63. The number of unbranched alkanes of at least 4 members (excludes halogenated alkanes) is 1. The zero-order valence-electron chi connectivity index (χ0n) is 17.4. The molecule has 1 aromatic carbocycles. The summed E-state index contributed by atoms with van der Waals surface area (Å²) in [7, 11) is 1.64. The first kappa shape index (κ1) is 24.8. The van der Waals surface area contributed by atoms with Crippen molar-refractivity contribution in [2.45, 2.75) is 26.7 Å². The molecule has 2 rings (SSSR count). The third-order valence-electron chi connectivity index (χ3n) is 3.90. The molecule has 0 saturated carbocycles. The van der Waals surface area contributed by atoms with Gasteiger partial charge in [0.2, 0.25) is 0 Å². The number of halogens is 1. The quantitative estimate of drug-likeness (QED) is 0.179. The summed E-state index contributed by atoms with van der Waals surface area (Å²) in [4.78, 5) is 8.90. The van der Waals surface area contributed by atoms with Gasteiger partial charge in [-0.15, -0.1) is 24.0 Å². The minimum absolute atomic E-state index is 0. The number of rotatable bonds is 11. The van der Waals surface area contributed by atoms with Gasteiger partial charge in [0.25, 0.3) is 0 Å². The van der Waals surface area contributed by atoms with Crippen LogP contribution in [0.3, 0.4) is 0 Å². The lowest BCUT2D eigenvalue weighted by atomic mass is 10.2. The van der Waals surface area contributed by atoms with Crippen LogP contribution in [0.1, 0.15) is 26.7 Å². The van der Waals surface area contributed by atoms with Crippen LogP contribution in [0.5, 0.6) is 11.5 Å². The van der Waals surface area contributed by atoms with Crippen molar-refractivity contribution in [1.82, 2.24) is 10.3 Å². The molecule has 0 bridgehead atoms. The molecule has 29 heavy (non-hydrogen) atoms. The zero-order valence-corrected chi connectivity index (χ0v) is 19.7. The number of nitrogens with zero attached hydrogens (tertiary/aromatic N) is 2. The minimum Gasteiger partial charge on any atom is -0.493 e. The normalized spacial score (nSPS) is 10.7. The summed E-state index contributed by atoms with van der Waals surface area (Å²) in [5, 5.41) is 9.90. The van der Waals surface area contributed by atoms with Crippen molar-refractivity contribution in [1.29, 1.82) is 0 Å². The first-order valence-corrected chi connectivity index (χ1v) is 9.77.